The number of fused-ring (bicyclic) bond motifs is 1. The van der Waals surface area contributed by atoms with E-state index < -0.39 is 12.2 Å². The van der Waals surface area contributed by atoms with E-state index in [9.17, 15) is 10.2 Å². The predicted octanol–water partition coefficient (Wildman–Crippen LogP) is 2.64. The Morgan fingerprint density at radius 2 is 1.78 bits per heavy atom. The number of rotatable bonds is 4. The van der Waals surface area contributed by atoms with Crippen molar-refractivity contribution in [2.24, 2.45) is 0 Å². The molecule has 2 rings (SSSR count). The number of methoxy groups -OCH3 is 1. The Balaban J connectivity index is 2.38. The Morgan fingerprint density at radius 3 is 2.44 bits per heavy atom. The number of hydrogen-bond donors (Lipinski definition) is 2. The van der Waals surface area contributed by atoms with E-state index in [1.54, 1.807) is 7.11 Å². The molecule has 0 aliphatic carbocycles. The highest BCUT2D eigenvalue weighted by Crippen LogP contribution is 2.26. The predicted molar refractivity (Wildman–Crippen MR) is 75.3 cm³/mol. The maximum absolute atomic E-state index is 9.94. The molecule has 2 aromatic carbocycles. The van der Waals surface area contributed by atoms with Crippen LogP contribution in [0.1, 0.15) is 11.7 Å². The number of aliphatic hydroxyl groups excluding tert-OH is 2. The van der Waals surface area contributed by atoms with Crippen molar-refractivity contribution >= 4 is 26.7 Å². The highest BCUT2D eigenvalue weighted by Gasteiger charge is 2.17. The van der Waals surface area contributed by atoms with Crippen LogP contribution in [0, 0.1) is 0 Å². The van der Waals surface area contributed by atoms with E-state index in [1.807, 2.05) is 36.4 Å². The SMILES string of the molecule is COc1ccc2cc(C(O)C(O)CBr)ccc2c1. The van der Waals surface area contributed by atoms with Gasteiger partial charge < -0.3 is 14.9 Å². The minimum Gasteiger partial charge on any atom is -0.497 e. The lowest BCUT2D eigenvalue weighted by Crippen LogP contribution is -2.19. The number of hydrogen-bond acceptors (Lipinski definition) is 3. The van der Waals surface area contributed by atoms with Crippen molar-refractivity contribution in [3.8, 4) is 5.75 Å². The fourth-order valence-corrected chi connectivity index (χ4v) is 2.21. The number of halogens is 1. The third-order valence-electron chi connectivity index (χ3n) is 2.94. The average Bonchev–Trinajstić information content (AvgIpc) is 2.44. The first-order valence-corrected chi connectivity index (χ1v) is 6.77. The second-order valence-corrected chi connectivity index (χ2v) is 4.79. The smallest absolute Gasteiger partial charge is 0.119 e. The molecule has 0 saturated carbocycles. The lowest BCUT2D eigenvalue weighted by Gasteiger charge is -2.16. The van der Waals surface area contributed by atoms with Gasteiger partial charge >= 0.3 is 0 Å². The minimum atomic E-state index is -0.879. The molecular weight excluding hydrogens is 296 g/mol. The maximum Gasteiger partial charge on any atom is 0.119 e. The molecule has 18 heavy (non-hydrogen) atoms. The lowest BCUT2D eigenvalue weighted by molar-refractivity contribution is 0.0343. The van der Waals surface area contributed by atoms with Gasteiger partial charge in [0, 0.05) is 5.33 Å². The van der Waals surface area contributed by atoms with Crippen molar-refractivity contribution in [1.82, 2.24) is 0 Å². The summed E-state index contributed by atoms with van der Waals surface area (Å²) in [5.41, 5.74) is 0.708. The number of aliphatic hydroxyl groups is 2. The Bertz CT molecular complexity index is 542. The fraction of sp³-hybridized carbons (Fsp3) is 0.286. The number of ether oxygens (including phenoxy) is 1. The molecule has 0 aliphatic rings. The van der Waals surface area contributed by atoms with Crippen molar-refractivity contribution in [1.29, 1.82) is 0 Å². The normalized spacial score (nSPS) is 14.4. The van der Waals surface area contributed by atoms with Gasteiger partial charge in [0.25, 0.3) is 0 Å². The minimum absolute atomic E-state index is 0.342. The molecular formula is C14H15BrO3. The number of benzene rings is 2. The highest BCUT2D eigenvalue weighted by atomic mass is 79.9. The van der Waals surface area contributed by atoms with Gasteiger partial charge in [0.15, 0.2) is 0 Å². The zero-order chi connectivity index (χ0) is 13.1. The molecule has 2 aromatic rings. The topological polar surface area (TPSA) is 49.7 Å². The molecule has 4 heteroatoms. The molecule has 0 aromatic heterocycles. The molecule has 2 unspecified atom stereocenters. The summed E-state index contributed by atoms with van der Waals surface area (Å²) < 4.78 is 5.16. The lowest BCUT2D eigenvalue weighted by atomic mass is 10.0. The molecule has 0 radical (unpaired) electrons. The van der Waals surface area contributed by atoms with Gasteiger partial charge in [-0.2, -0.15) is 0 Å². The molecule has 96 valence electrons. The summed E-state index contributed by atoms with van der Waals surface area (Å²) in [5, 5.41) is 22.0. The first kappa shape index (κ1) is 13.3. The van der Waals surface area contributed by atoms with E-state index in [2.05, 4.69) is 15.9 Å². The van der Waals surface area contributed by atoms with Gasteiger partial charge in [-0.1, -0.05) is 34.1 Å². The molecule has 0 bridgehead atoms. The third-order valence-corrected chi connectivity index (χ3v) is 3.60. The van der Waals surface area contributed by atoms with Gasteiger partial charge in [-0.05, 0) is 34.5 Å². The van der Waals surface area contributed by atoms with Crippen LogP contribution < -0.4 is 4.74 Å². The van der Waals surface area contributed by atoms with Crippen molar-refractivity contribution in [2.45, 2.75) is 12.2 Å². The van der Waals surface area contributed by atoms with Gasteiger partial charge in [0.2, 0.25) is 0 Å². The van der Waals surface area contributed by atoms with Crippen LogP contribution in [-0.2, 0) is 0 Å². The van der Waals surface area contributed by atoms with E-state index >= 15 is 0 Å². The summed E-state index contributed by atoms with van der Waals surface area (Å²) in [6, 6.07) is 11.4. The molecule has 0 amide bonds. The van der Waals surface area contributed by atoms with Gasteiger partial charge in [-0.15, -0.1) is 0 Å². The van der Waals surface area contributed by atoms with Gasteiger partial charge in [0.1, 0.15) is 11.9 Å². The molecule has 0 fully saturated rings. The van der Waals surface area contributed by atoms with Crippen molar-refractivity contribution < 1.29 is 14.9 Å². The van der Waals surface area contributed by atoms with Gasteiger partial charge in [0.05, 0.1) is 13.2 Å². The zero-order valence-corrected chi connectivity index (χ0v) is 11.6. The van der Waals surface area contributed by atoms with Crippen LogP contribution in [0.25, 0.3) is 10.8 Å². The molecule has 0 heterocycles. The van der Waals surface area contributed by atoms with Crippen LogP contribution in [0.15, 0.2) is 36.4 Å². The summed E-state index contributed by atoms with van der Waals surface area (Å²) in [5.74, 6) is 0.802. The zero-order valence-electron chi connectivity index (χ0n) is 10.0. The molecule has 2 atom stereocenters. The molecule has 2 N–H and O–H groups in total. The summed E-state index contributed by atoms with van der Waals surface area (Å²) in [7, 11) is 1.63. The van der Waals surface area contributed by atoms with E-state index in [0.29, 0.717) is 10.9 Å². The first-order valence-electron chi connectivity index (χ1n) is 5.65. The quantitative estimate of drug-likeness (QED) is 0.854. The maximum atomic E-state index is 9.94. The van der Waals surface area contributed by atoms with Gasteiger partial charge in [-0.3, -0.25) is 0 Å². The third kappa shape index (κ3) is 2.66. The van der Waals surface area contributed by atoms with Crippen molar-refractivity contribution in [3.63, 3.8) is 0 Å². The summed E-state index contributed by atoms with van der Waals surface area (Å²) in [6.45, 7) is 0. The van der Waals surface area contributed by atoms with E-state index in [0.717, 1.165) is 16.5 Å². The van der Waals surface area contributed by atoms with Crippen LogP contribution in [-0.4, -0.2) is 28.8 Å². The van der Waals surface area contributed by atoms with E-state index in [-0.39, 0.29) is 0 Å². The molecule has 0 aliphatic heterocycles. The van der Waals surface area contributed by atoms with Crippen molar-refractivity contribution in [2.75, 3.05) is 12.4 Å². The Morgan fingerprint density at radius 1 is 1.11 bits per heavy atom. The summed E-state index contributed by atoms with van der Waals surface area (Å²) in [6.07, 6.45) is -1.68. The van der Waals surface area contributed by atoms with Crippen LogP contribution in [0.2, 0.25) is 0 Å². The fourth-order valence-electron chi connectivity index (χ4n) is 1.86. The number of alkyl halides is 1. The monoisotopic (exact) mass is 310 g/mol. The van der Waals surface area contributed by atoms with Crippen LogP contribution in [0.3, 0.4) is 0 Å². The van der Waals surface area contributed by atoms with Crippen LogP contribution >= 0.6 is 15.9 Å². The summed E-state index contributed by atoms with van der Waals surface area (Å²) in [4.78, 5) is 0. The highest BCUT2D eigenvalue weighted by molar-refractivity contribution is 9.09. The Labute approximate surface area is 114 Å². The second-order valence-electron chi connectivity index (χ2n) is 4.14. The van der Waals surface area contributed by atoms with Gasteiger partial charge in [-0.25, -0.2) is 0 Å². The van der Waals surface area contributed by atoms with E-state index in [4.69, 9.17) is 4.74 Å². The second kappa shape index (κ2) is 5.69. The van der Waals surface area contributed by atoms with Crippen LogP contribution in [0.5, 0.6) is 5.75 Å². The average molecular weight is 311 g/mol. The summed E-state index contributed by atoms with van der Waals surface area (Å²) >= 11 is 3.15. The van der Waals surface area contributed by atoms with Crippen molar-refractivity contribution in [3.05, 3.63) is 42.0 Å². The Kier molecular flexibility index (Phi) is 4.22. The Hall–Kier alpha value is -1.10. The molecule has 3 nitrogen and oxygen atoms in total. The van der Waals surface area contributed by atoms with E-state index in [1.165, 1.54) is 0 Å². The standard InChI is InChI=1S/C14H15BrO3/c1-18-12-5-4-9-6-11(3-2-10(9)7-12)14(17)13(16)8-15/h2-7,13-14,16-17H,8H2,1H3. The first-order chi connectivity index (χ1) is 8.65. The van der Waals surface area contributed by atoms with Crippen LogP contribution in [0.4, 0.5) is 0 Å². The molecule has 0 spiro atoms. The molecule has 0 saturated heterocycles. The largest absolute Gasteiger partial charge is 0.497 e.